The summed E-state index contributed by atoms with van der Waals surface area (Å²) in [5.74, 6) is -1.91. The Balaban J connectivity index is 1.77. The van der Waals surface area contributed by atoms with Gasteiger partial charge in [0.1, 0.15) is 23.1 Å². The first kappa shape index (κ1) is 17.2. The van der Waals surface area contributed by atoms with E-state index >= 15 is 0 Å². The summed E-state index contributed by atoms with van der Waals surface area (Å²) in [6.45, 7) is 1.95. The van der Waals surface area contributed by atoms with Crippen LogP contribution in [-0.2, 0) is 6.42 Å². The molecule has 0 atom stereocenters. The average Bonchev–Trinajstić information content (AvgIpc) is 3.03. The zero-order valence-electron chi connectivity index (χ0n) is 13.3. The van der Waals surface area contributed by atoms with Gasteiger partial charge in [0.15, 0.2) is 5.76 Å². The summed E-state index contributed by atoms with van der Waals surface area (Å²) in [5, 5.41) is 2.80. The highest BCUT2D eigenvalue weighted by Gasteiger charge is 2.16. The third-order valence-electron chi connectivity index (χ3n) is 3.76. The van der Waals surface area contributed by atoms with Gasteiger partial charge in [0.05, 0.1) is 0 Å². The van der Waals surface area contributed by atoms with Crippen LogP contribution in [0, 0.1) is 18.6 Å². The molecule has 1 aromatic heterocycles. The fourth-order valence-electron chi connectivity index (χ4n) is 2.41. The largest absolute Gasteiger partial charge is 0.456 e. The molecule has 0 radical (unpaired) electrons. The molecule has 3 nitrogen and oxygen atoms in total. The maximum atomic E-state index is 13.6. The number of furan rings is 1. The molecule has 0 saturated carbocycles. The Labute approximate surface area is 148 Å². The molecule has 0 aliphatic carbocycles. The van der Waals surface area contributed by atoms with E-state index in [1.807, 2.05) is 19.1 Å². The highest BCUT2D eigenvalue weighted by atomic mass is 35.5. The van der Waals surface area contributed by atoms with Crippen molar-refractivity contribution in [1.29, 1.82) is 0 Å². The SMILES string of the molecule is Cc1ccc(Cl)cc1Cc1ccc(C(=O)Nc2c(F)cccc2F)o1. The van der Waals surface area contributed by atoms with E-state index in [9.17, 15) is 13.6 Å². The fourth-order valence-corrected chi connectivity index (χ4v) is 2.60. The van der Waals surface area contributed by atoms with Crippen LogP contribution in [0.4, 0.5) is 14.5 Å². The zero-order valence-corrected chi connectivity index (χ0v) is 14.0. The van der Waals surface area contributed by atoms with Crippen molar-refractivity contribution in [2.45, 2.75) is 13.3 Å². The van der Waals surface area contributed by atoms with Gasteiger partial charge < -0.3 is 9.73 Å². The minimum atomic E-state index is -0.852. The van der Waals surface area contributed by atoms with Crippen LogP contribution in [0.15, 0.2) is 52.9 Å². The monoisotopic (exact) mass is 361 g/mol. The predicted molar refractivity (Wildman–Crippen MR) is 92.0 cm³/mol. The average molecular weight is 362 g/mol. The second kappa shape index (κ2) is 7.07. The molecule has 0 unspecified atom stereocenters. The summed E-state index contributed by atoms with van der Waals surface area (Å²) in [6, 6.07) is 12.0. The fraction of sp³-hybridized carbons (Fsp3) is 0.105. The van der Waals surface area contributed by atoms with Gasteiger partial charge in [-0.2, -0.15) is 0 Å². The van der Waals surface area contributed by atoms with Crippen LogP contribution in [0.25, 0.3) is 0 Å². The van der Waals surface area contributed by atoms with Gasteiger partial charge in [-0.15, -0.1) is 0 Å². The molecule has 1 amide bonds. The summed E-state index contributed by atoms with van der Waals surface area (Å²) < 4.78 is 32.7. The van der Waals surface area contributed by atoms with Gasteiger partial charge in [0.25, 0.3) is 5.91 Å². The van der Waals surface area contributed by atoms with E-state index in [-0.39, 0.29) is 5.76 Å². The van der Waals surface area contributed by atoms with E-state index in [0.717, 1.165) is 23.3 Å². The van der Waals surface area contributed by atoms with Crippen LogP contribution in [0.5, 0.6) is 0 Å². The standard InChI is InChI=1S/C19H14ClF2NO2/c1-11-5-6-13(20)9-12(11)10-14-7-8-17(25-14)19(24)23-18-15(21)3-2-4-16(18)22/h2-9H,10H2,1H3,(H,23,24). The topological polar surface area (TPSA) is 42.2 Å². The lowest BCUT2D eigenvalue weighted by atomic mass is 10.0. The molecule has 6 heteroatoms. The van der Waals surface area contributed by atoms with E-state index in [1.165, 1.54) is 12.1 Å². The van der Waals surface area contributed by atoms with E-state index < -0.39 is 23.2 Å². The van der Waals surface area contributed by atoms with Crippen molar-refractivity contribution in [1.82, 2.24) is 0 Å². The Morgan fingerprint density at radius 2 is 1.84 bits per heavy atom. The molecule has 0 spiro atoms. The molecular weight excluding hydrogens is 348 g/mol. The van der Waals surface area contributed by atoms with Crippen molar-refractivity contribution in [2.75, 3.05) is 5.32 Å². The van der Waals surface area contributed by atoms with Gasteiger partial charge in [0, 0.05) is 11.4 Å². The van der Waals surface area contributed by atoms with Crippen molar-refractivity contribution >= 4 is 23.2 Å². The molecule has 0 aliphatic heterocycles. The normalized spacial score (nSPS) is 10.7. The molecule has 0 aliphatic rings. The maximum Gasteiger partial charge on any atom is 0.291 e. The third kappa shape index (κ3) is 3.88. The zero-order chi connectivity index (χ0) is 18.0. The Morgan fingerprint density at radius 1 is 1.12 bits per heavy atom. The Hall–Kier alpha value is -2.66. The number of anilines is 1. The van der Waals surface area contributed by atoms with Crippen LogP contribution in [-0.4, -0.2) is 5.91 Å². The highest BCUT2D eigenvalue weighted by molar-refractivity contribution is 6.30. The van der Waals surface area contributed by atoms with Crippen LogP contribution in [0.2, 0.25) is 5.02 Å². The number of carbonyl (C=O) groups excluding carboxylic acids is 1. The first-order valence-corrected chi connectivity index (χ1v) is 7.91. The molecule has 3 rings (SSSR count). The summed E-state index contributed by atoms with van der Waals surface area (Å²) in [4.78, 5) is 12.1. The van der Waals surface area contributed by atoms with Gasteiger partial charge in [-0.3, -0.25) is 4.79 Å². The number of rotatable bonds is 4. The number of halogens is 3. The second-order valence-corrected chi connectivity index (χ2v) is 6.00. The molecule has 2 aromatic carbocycles. The minimum Gasteiger partial charge on any atom is -0.456 e. The van der Waals surface area contributed by atoms with Crippen LogP contribution < -0.4 is 5.32 Å². The molecule has 0 fully saturated rings. The van der Waals surface area contributed by atoms with Crippen molar-refractivity contribution < 1.29 is 18.0 Å². The molecule has 25 heavy (non-hydrogen) atoms. The highest BCUT2D eigenvalue weighted by Crippen LogP contribution is 2.22. The molecule has 1 heterocycles. The summed E-state index contributed by atoms with van der Waals surface area (Å²) in [5.41, 5.74) is 1.50. The smallest absolute Gasteiger partial charge is 0.291 e. The number of amides is 1. The Morgan fingerprint density at radius 3 is 2.56 bits per heavy atom. The number of hydrogen-bond donors (Lipinski definition) is 1. The first-order chi connectivity index (χ1) is 11.9. The number of nitrogens with one attached hydrogen (secondary N) is 1. The van der Waals surface area contributed by atoms with Crippen molar-refractivity contribution in [2.24, 2.45) is 0 Å². The number of para-hydroxylation sites is 1. The molecule has 1 N–H and O–H groups in total. The van der Waals surface area contributed by atoms with Crippen LogP contribution >= 0.6 is 11.6 Å². The lowest BCUT2D eigenvalue weighted by Gasteiger charge is -2.06. The van der Waals surface area contributed by atoms with Gasteiger partial charge in [-0.05, 0) is 54.4 Å². The quantitative estimate of drug-likeness (QED) is 0.679. The number of benzene rings is 2. The van der Waals surface area contributed by atoms with Crippen molar-refractivity contribution in [3.8, 4) is 0 Å². The lowest BCUT2D eigenvalue weighted by Crippen LogP contribution is -2.13. The summed E-state index contributed by atoms with van der Waals surface area (Å²) in [6.07, 6.45) is 0.452. The van der Waals surface area contributed by atoms with E-state index in [1.54, 1.807) is 12.1 Å². The summed E-state index contributed by atoms with van der Waals surface area (Å²) >= 11 is 5.99. The number of aryl methyl sites for hydroxylation is 1. The predicted octanol–water partition coefficient (Wildman–Crippen LogP) is 5.36. The van der Waals surface area contributed by atoms with Gasteiger partial charge in [-0.25, -0.2) is 8.78 Å². The van der Waals surface area contributed by atoms with Crippen LogP contribution in [0.3, 0.4) is 0 Å². The molecule has 3 aromatic rings. The van der Waals surface area contributed by atoms with Crippen molar-refractivity contribution in [3.63, 3.8) is 0 Å². The van der Waals surface area contributed by atoms with Crippen molar-refractivity contribution in [3.05, 3.63) is 87.8 Å². The third-order valence-corrected chi connectivity index (χ3v) is 4.00. The van der Waals surface area contributed by atoms with Gasteiger partial charge >= 0.3 is 0 Å². The van der Waals surface area contributed by atoms with Gasteiger partial charge in [-0.1, -0.05) is 23.7 Å². The molecule has 0 saturated heterocycles. The number of carbonyl (C=O) groups is 1. The maximum absolute atomic E-state index is 13.6. The number of hydrogen-bond acceptors (Lipinski definition) is 2. The van der Waals surface area contributed by atoms with E-state index in [2.05, 4.69) is 5.32 Å². The Bertz CT molecular complexity index is 917. The minimum absolute atomic E-state index is 0.0302. The molecule has 128 valence electrons. The first-order valence-electron chi connectivity index (χ1n) is 7.53. The Kier molecular flexibility index (Phi) is 4.86. The molecule has 0 bridgehead atoms. The lowest BCUT2D eigenvalue weighted by molar-refractivity contribution is 0.0994. The van der Waals surface area contributed by atoms with E-state index in [4.69, 9.17) is 16.0 Å². The van der Waals surface area contributed by atoms with E-state index in [0.29, 0.717) is 17.2 Å². The second-order valence-electron chi connectivity index (χ2n) is 5.56. The summed E-state index contributed by atoms with van der Waals surface area (Å²) in [7, 11) is 0. The van der Waals surface area contributed by atoms with Gasteiger partial charge in [0.2, 0.25) is 0 Å². The molecular formula is C19H14ClF2NO2. The van der Waals surface area contributed by atoms with Crippen LogP contribution in [0.1, 0.15) is 27.4 Å².